The number of hydrogen-bond acceptors (Lipinski definition) is 7. The third kappa shape index (κ3) is 5.24. The van der Waals surface area contributed by atoms with Crippen molar-refractivity contribution in [3.05, 3.63) is 33.6 Å². The maximum Gasteiger partial charge on any atom is 0.321 e. The van der Waals surface area contributed by atoms with E-state index in [1.165, 1.54) is 16.0 Å². The molecule has 3 heterocycles. The van der Waals surface area contributed by atoms with Crippen molar-refractivity contribution >= 4 is 28.3 Å². The van der Waals surface area contributed by atoms with Gasteiger partial charge in [-0.15, -0.1) is 11.3 Å². The molecule has 2 aromatic heterocycles. The predicted molar refractivity (Wildman–Crippen MR) is 121 cm³/mol. The van der Waals surface area contributed by atoms with Crippen LogP contribution in [0.1, 0.15) is 55.9 Å². The van der Waals surface area contributed by atoms with Gasteiger partial charge in [-0.05, 0) is 45.1 Å². The molecular formula is C21H30N6O3S. The van der Waals surface area contributed by atoms with Gasteiger partial charge in [0.1, 0.15) is 5.82 Å². The molecule has 2 fully saturated rings. The summed E-state index contributed by atoms with van der Waals surface area (Å²) in [5, 5.41) is 21.3. The molecule has 1 aliphatic carbocycles. The maximum atomic E-state index is 12.5. The first-order valence-corrected chi connectivity index (χ1v) is 11.8. The number of hydrogen-bond donors (Lipinski definition) is 3. The summed E-state index contributed by atoms with van der Waals surface area (Å²) >= 11 is 1.44. The topological polar surface area (TPSA) is 112 Å². The summed E-state index contributed by atoms with van der Waals surface area (Å²) in [6.07, 6.45) is 7.68. The Labute approximate surface area is 185 Å². The molecule has 1 saturated heterocycles. The molecule has 1 saturated carbocycles. The Balaban J connectivity index is 1.45. The Morgan fingerprint density at radius 3 is 2.81 bits per heavy atom. The van der Waals surface area contributed by atoms with Crippen molar-refractivity contribution in [3.63, 3.8) is 0 Å². The number of aryl methyl sites for hydroxylation is 1. The summed E-state index contributed by atoms with van der Waals surface area (Å²) in [6, 6.07) is 2.84. The first kappa shape index (κ1) is 21.8. The lowest BCUT2D eigenvalue weighted by Gasteiger charge is -2.37. The molecule has 3 unspecified atom stereocenters. The van der Waals surface area contributed by atoms with Gasteiger partial charge in [0.2, 0.25) is 0 Å². The van der Waals surface area contributed by atoms with Crippen LogP contribution < -0.4 is 21.1 Å². The zero-order valence-electron chi connectivity index (χ0n) is 17.8. The zero-order chi connectivity index (χ0) is 21.8. The van der Waals surface area contributed by atoms with Crippen LogP contribution in [0.5, 0.6) is 0 Å². The summed E-state index contributed by atoms with van der Waals surface area (Å²) < 4.78 is 1.47. The van der Waals surface area contributed by atoms with Gasteiger partial charge in [-0.3, -0.25) is 10.1 Å². The van der Waals surface area contributed by atoms with Gasteiger partial charge in [0, 0.05) is 36.3 Å². The van der Waals surface area contributed by atoms with E-state index in [0.717, 1.165) is 55.8 Å². The van der Waals surface area contributed by atoms with Crippen molar-refractivity contribution in [2.24, 2.45) is 0 Å². The van der Waals surface area contributed by atoms with Crippen LogP contribution in [-0.4, -0.2) is 51.1 Å². The van der Waals surface area contributed by atoms with E-state index in [-0.39, 0.29) is 23.7 Å². The fraction of sp³-hybridized carbons (Fsp3) is 0.619. The van der Waals surface area contributed by atoms with Gasteiger partial charge in [0.05, 0.1) is 12.1 Å². The first-order valence-electron chi connectivity index (χ1n) is 11.0. The highest BCUT2D eigenvalue weighted by Crippen LogP contribution is 2.28. The van der Waals surface area contributed by atoms with Crippen LogP contribution in [0.2, 0.25) is 0 Å². The fourth-order valence-electron chi connectivity index (χ4n) is 4.46. The molecule has 4 rings (SSSR count). The zero-order valence-corrected chi connectivity index (χ0v) is 18.6. The van der Waals surface area contributed by atoms with E-state index in [1.807, 2.05) is 6.92 Å². The molecule has 2 amide bonds. The number of anilines is 2. The van der Waals surface area contributed by atoms with Crippen LogP contribution in [-0.2, 0) is 0 Å². The van der Waals surface area contributed by atoms with E-state index >= 15 is 0 Å². The number of piperidine rings is 1. The van der Waals surface area contributed by atoms with Crippen molar-refractivity contribution in [3.8, 4) is 0 Å². The second-order valence-electron chi connectivity index (χ2n) is 8.35. The van der Waals surface area contributed by atoms with E-state index in [2.05, 4.69) is 25.6 Å². The van der Waals surface area contributed by atoms with Crippen LogP contribution in [0.3, 0.4) is 0 Å². The molecule has 1 aliphatic heterocycles. The second kappa shape index (κ2) is 9.78. The highest BCUT2D eigenvalue weighted by atomic mass is 32.1. The predicted octanol–water partition coefficient (Wildman–Crippen LogP) is 2.66. The number of thiazole rings is 1. The number of carbonyl (C=O) groups is 1. The largest absolute Gasteiger partial charge is 0.391 e. The Morgan fingerprint density at radius 1 is 1.23 bits per heavy atom. The Kier molecular flexibility index (Phi) is 6.86. The summed E-state index contributed by atoms with van der Waals surface area (Å²) in [5.74, 6) is 0.722. The smallest absolute Gasteiger partial charge is 0.321 e. The Bertz CT molecular complexity index is 961. The molecule has 168 valence electrons. The fourth-order valence-corrected chi connectivity index (χ4v) is 5.12. The maximum absolute atomic E-state index is 12.5. The average Bonchev–Trinajstić information content (AvgIpc) is 3.18. The molecular weight excluding hydrogens is 416 g/mol. The normalized spacial score (nSPS) is 24.1. The molecule has 3 N–H and O–H groups in total. The van der Waals surface area contributed by atoms with Crippen molar-refractivity contribution < 1.29 is 9.90 Å². The number of aromatic nitrogens is 3. The van der Waals surface area contributed by atoms with Gasteiger partial charge in [0.25, 0.3) is 5.56 Å². The second-order valence-corrected chi connectivity index (χ2v) is 9.58. The lowest BCUT2D eigenvalue weighted by Crippen LogP contribution is -2.48. The highest BCUT2D eigenvalue weighted by Gasteiger charge is 2.29. The molecule has 0 aromatic carbocycles. The van der Waals surface area contributed by atoms with E-state index in [1.54, 1.807) is 18.3 Å². The van der Waals surface area contributed by atoms with E-state index in [9.17, 15) is 14.7 Å². The van der Waals surface area contributed by atoms with Crippen LogP contribution in [0.4, 0.5) is 15.7 Å². The van der Waals surface area contributed by atoms with E-state index in [4.69, 9.17) is 0 Å². The molecule has 10 heteroatoms. The van der Waals surface area contributed by atoms with Gasteiger partial charge in [-0.2, -0.15) is 5.10 Å². The number of nitrogens with zero attached hydrogens (tertiary/aromatic N) is 4. The molecule has 2 aliphatic rings. The number of nitrogens with one attached hydrogen (secondary N) is 2. The molecule has 0 radical (unpaired) electrons. The van der Waals surface area contributed by atoms with E-state index < -0.39 is 6.10 Å². The van der Waals surface area contributed by atoms with Crippen LogP contribution in [0, 0.1) is 6.92 Å². The van der Waals surface area contributed by atoms with Crippen LogP contribution in [0.25, 0.3) is 0 Å². The monoisotopic (exact) mass is 446 g/mol. The minimum atomic E-state index is -0.536. The third-order valence-electron chi connectivity index (χ3n) is 6.08. The highest BCUT2D eigenvalue weighted by molar-refractivity contribution is 7.15. The molecule has 3 atom stereocenters. The number of amides is 2. The van der Waals surface area contributed by atoms with Crippen molar-refractivity contribution in [2.75, 3.05) is 23.3 Å². The summed E-state index contributed by atoms with van der Waals surface area (Å²) in [7, 11) is 0. The summed E-state index contributed by atoms with van der Waals surface area (Å²) in [6.45, 7) is 3.24. The molecule has 0 spiro atoms. The standard InChI is InChI=1S/C21H30N6O3S/c1-14-12-23-21(31-14)24-20(30)22-13-15-6-4-5-11-26(15)18-9-10-19(29)27(25-18)16-7-2-3-8-17(16)28/h9-10,12,15-17,28H,2-8,11,13H2,1H3,(H2,22,23,24,30). The van der Waals surface area contributed by atoms with Crippen LogP contribution in [0.15, 0.2) is 23.1 Å². The summed E-state index contributed by atoms with van der Waals surface area (Å²) in [5.41, 5.74) is -0.181. The van der Waals surface area contributed by atoms with Crippen LogP contribution >= 0.6 is 11.3 Å². The molecule has 2 aromatic rings. The van der Waals surface area contributed by atoms with Gasteiger partial charge < -0.3 is 15.3 Å². The van der Waals surface area contributed by atoms with Gasteiger partial charge in [-0.1, -0.05) is 12.8 Å². The van der Waals surface area contributed by atoms with Gasteiger partial charge in [0.15, 0.2) is 5.13 Å². The minimum absolute atomic E-state index is 0.0901. The van der Waals surface area contributed by atoms with Crippen molar-refractivity contribution in [1.82, 2.24) is 20.1 Å². The van der Waals surface area contributed by atoms with Crippen molar-refractivity contribution in [2.45, 2.75) is 70.1 Å². The Hall–Kier alpha value is -2.46. The lowest BCUT2D eigenvalue weighted by molar-refractivity contribution is 0.0669. The molecule has 9 nitrogen and oxygen atoms in total. The average molecular weight is 447 g/mol. The Morgan fingerprint density at radius 2 is 2.03 bits per heavy atom. The third-order valence-corrected chi connectivity index (χ3v) is 6.91. The van der Waals surface area contributed by atoms with Gasteiger partial charge in [-0.25, -0.2) is 14.5 Å². The molecule has 0 bridgehead atoms. The lowest BCUT2D eigenvalue weighted by atomic mass is 9.93. The minimum Gasteiger partial charge on any atom is -0.391 e. The summed E-state index contributed by atoms with van der Waals surface area (Å²) in [4.78, 5) is 32.1. The SMILES string of the molecule is Cc1cnc(NC(=O)NCC2CCCCN2c2ccc(=O)n(C3CCCCC3O)n2)s1. The first-order chi connectivity index (χ1) is 15.0. The number of aliphatic hydroxyl groups excluding tert-OH is 1. The van der Waals surface area contributed by atoms with E-state index in [0.29, 0.717) is 18.1 Å². The number of rotatable bonds is 5. The number of carbonyl (C=O) groups excluding carboxylic acids is 1. The van der Waals surface area contributed by atoms with Crippen molar-refractivity contribution in [1.29, 1.82) is 0 Å². The quantitative estimate of drug-likeness (QED) is 0.651. The van der Waals surface area contributed by atoms with Gasteiger partial charge >= 0.3 is 6.03 Å². The number of urea groups is 1. The molecule has 31 heavy (non-hydrogen) atoms. The number of aliphatic hydroxyl groups is 1.